The number of likely N-dealkylation sites (tertiary alicyclic amines) is 1. The molecule has 1 aromatic carbocycles. The van der Waals surface area contributed by atoms with Crippen molar-refractivity contribution in [3.05, 3.63) is 40.4 Å². The van der Waals surface area contributed by atoms with Crippen LogP contribution in [0.15, 0.2) is 33.5 Å². The van der Waals surface area contributed by atoms with Crippen LogP contribution in [0.4, 0.5) is 0 Å². The Morgan fingerprint density at radius 2 is 2.05 bits per heavy atom. The largest absolute Gasteiger partial charge is 0.419 e. The maximum atomic E-state index is 11.4. The lowest BCUT2D eigenvalue weighted by Gasteiger charge is -2.24. The second-order valence-electron chi connectivity index (χ2n) is 5.42. The van der Waals surface area contributed by atoms with Crippen LogP contribution in [0, 0.1) is 0 Å². The average Bonchev–Trinajstić information content (AvgIpc) is 2.75. The molecule has 20 heavy (non-hydrogen) atoms. The predicted molar refractivity (Wildman–Crippen MR) is 80.8 cm³/mol. The van der Waals surface area contributed by atoms with E-state index >= 15 is 0 Å². The third-order valence-electron chi connectivity index (χ3n) is 3.94. The fourth-order valence-corrected chi connectivity index (χ4v) is 2.73. The maximum absolute atomic E-state index is 11.4. The lowest BCUT2D eigenvalue weighted by molar-refractivity contribution is 0.252. The Bertz CT molecular complexity index is 675. The first kappa shape index (κ1) is 13.2. The zero-order valence-corrected chi connectivity index (χ0v) is 11.8. The van der Waals surface area contributed by atoms with Crippen LogP contribution in [-0.2, 0) is 7.05 Å². The summed E-state index contributed by atoms with van der Waals surface area (Å²) >= 11 is 0. The van der Waals surface area contributed by atoms with Gasteiger partial charge in [0.25, 0.3) is 0 Å². The van der Waals surface area contributed by atoms with Crippen LogP contribution in [0.2, 0.25) is 0 Å². The van der Waals surface area contributed by atoms with Gasteiger partial charge in [-0.1, -0.05) is 24.6 Å². The number of hydrogen-bond acceptors (Lipinski definition) is 3. The van der Waals surface area contributed by atoms with Crippen molar-refractivity contribution in [1.29, 1.82) is 0 Å². The van der Waals surface area contributed by atoms with Gasteiger partial charge in [-0.2, -0.15) is 0 Å². The van der Waals surface area contributed by atoms with Crippen LogP contribution in [0.25, 0.3) is 17.2 Å². The molecule has 0 bridgehead atoms. The minimum Gasteiger partial charge on any atom is -0.408 e. The molecule has 106 valence electrons. The molecule has 0 spiro atoms. The van der Waals surface area contributed by atoms with Gasteiger partial charge in [0.2, 0.25) is 0 Å². The van der Waals surface area contributed by atoms with Crippen molar-refractivity contribution in [2.24, 2.45) is 7.05 Å². The number of aromatic nitrogens is 1. The summed E-state index contributed by atoms with van der Waals surface area (Å²) in [5.41, 5.74) is 2.56. The Kier molecular flexibility index (Phi) is 3.74. The fourth-order valence-electron chi connectivity index (χ4n) is 2.73. The van der Waals surface area contributed by atoms with Crippen molar-refractivity contribution in [2.75, 3.05) is 19.6 Å². The Morgan fingerprint density at radius 1 is 1.25 bits per heavy atom. The van der Waals surface area contributed by atoms with Gasteiger partial charge in [-0.05, 0) is 43.6 Å². The van der Waals surface area contributed by atoms with E-state index in [1.54, 1.807) is 7.05 Å². The van der Waals surface area contributed by atoms with Crippen LogP contribution in [0.1, 0.15) is 24.8 Å². The van der Waals surface area contributed by atoms with Crippen molar-refractivity contribution in [1.82, 2.24) is 9.47 Å². The summed E-state index contributed by atoms with van der Waals surface area (Å²) < 4.78 is 6.72. The molecule has 0 N–H and O–H groups in total. The van der Waals surface area contributed by atoms with Gasteiger partial charge < -0.3 is 4.42 Å². The van der Waals surface area contributed by atoms with E-state index in [4.69, 9.17) is 4.42 Å². The molecule has 0 saturated carbocycles. The van der Waals surface area contributed by atoms with E-state index in [1.807, 2.05) is 18.2 Å². The van der Waals surface area contributed by atoms with E-state index in [2.05, 4.69) is 17.1 Å². The van der Waals surface area contributed by atoms with E-state index in [9.17, 15) is 4.79 Å². The predicted octanol–water partition coefficient (Wildman–Crippen LogP) is 2.63. The molecule has 2 aromatic rings. The number of rotatable bonds is 3. The molecule has 1 aliphatic heterocycles. The Balaban J connectivity index is 1.72. The number of fused-ring (bicyclic) bond motifs is 1. The van der Waals surface area contributed by atoms with Crippen molar-refractivity contribution >= 4 is 17.2 Å². The van der Waals surface area contributed by atoms with E-state index < -0.39 is 0 Å². The Hall–Kier alpha value is -1.81. The molecule has 4 nitrogen and oxygen atoms in total. The van der Waals surface area contributed by atoms with Crippen LogP contribution >= 0.6 is 0 Å². The first-order valence-corrected chi connectivity index (χ1v) is 7.22. The zero-order valence-electron chi connectivity index (χ0n) is 11.8. The molecule has 0 atom stereocenters. The summed E-state index contributed by atoms with van der Waals surface area (Å²) in [6.45, 7) is 3.41. The zero-order chi connectivity index (χ0) is 13.9. The van der Waals surface area contributed by atoms with Gasteiger partial charge in [0.15, 0.2) is 5.58 Å². The SMILES string of the molecule is Cn1c(=O)oc2cc(C=CCN3CCCCC3)ccc21. The summed E-state index contributed by atoms with van der Waals surface area (Å²) in [4.78, 5) is 13.9. The van der Waals surface area contributed by atoms with Crippen molar-refractivity contribution in [3.8, 4) is 0 Å². The first-order chi connectivity index (χ1) is 9.74. The molecular formula is C16H20N2O2. The number of oxazole rings is 1. The topological polar surface area (TPSA) is 38.4 Å². The molecule has 1 aromatic heterocycles. The molecule has 2 heterocycles. The van der Waals surface area contributed by atoms with Crippen molar-refractivity contribution in [2.45, 2.75) is 19.3 Å². The molecule has 1 aliphatic rings. The summed E-state index contributed by atoms with van der Waals surface area (Å²) in [6, 6.07) is 5.87. The fraction of sp³-hybridized carbons (Fsp3) is 0.438. The smallest absolute Gasteiger partial charge is 0.408 e. The van der Waals surface area contributed by atoms with Crippen molar-refractivity contribution in [3.63, 3.8) is 0 Å². The molecule has 0 aliphatic carbocycles. The number of aryl methyl sites for hydroxylation is 1. The van der Waals surface area contributed by atoms with E-state index in [-0.39, 0.29) is 5.76 Å². The standard InChI is InChI=1S/C16H20N2O2/c1-17-14-8-7-13(12-15(14)20-16(17)19)6-5-11-18-9-3-2-4-10-18/h5-8,12H,2-4,9-11H2,1H3. The molecule has 0 amide bonds. The highest BCUT2D eigenvalue weighted by Crippen LogP contribution is 2.15. The third-order valence-corrected chi connectivity index (χ3v) is 3.94. The highest BCUT2D eigenvalue weighted by molar-refractivity contribution is 5.76. The van der Waals surface area contributed by atoms with Crippen LogP contribution in [-0.4, -0.2) is 29.1 Å². The molecule has 3 rings (SSSR count). The number of piperidine rings is 1. The molecule has 0 unspecified atom stereocenters. The minimum atomic E-state index is -0.311. The first-order valence-electron chi connectivity index (χ1n) is 7.22. The lowest BCUT2D eigenvalue weighted by Crippen LogP contribution is -2.29. The van der Waals surface area contributed by atoms with Crippen LogP contribution in [0.5, 0.6) is 0 Å². The van der Waals surface area contributed by atoms with Gasteiger partial charge >= 0.3 is 5.76 Å². The second-order valence-corrected chi connectivity index (χ2v) is 5.42. The highest BCUT2D eigenvalue weighted by Gasteiger charge is 2.08. The van der Waals surface area contributed by atoms with E-state index in [0.717, 1.165) is 17.6 Å². The van der Waals surface area contributed by atoms with Gasteiger partial charge in [0.05, 0.1) is 5.52 Å². The van der Waals surface area contributed by atoms with Crippen LogP contribution < -0.4 is 5.76 Å². The highest BCUT2D eigenvalue weighted by atomic mass is 16.4. The summed E-state index contributed by atoms with van der Waals surface area (Å²) in [5.74, 6) is -0.311. The lowest BCUT2D eigenvalue weighted by atomic mass is 10.1. The summed E-state index contributed by atoms with van der Waals surface area (Å²) in [5, 5.41) is 0. The number of benzene rings is 1. The van der Waals surface area contributed by atoms with Gasteiger partial charge in [-0.3, -0.25) is 9.47 Å². The number of nitrogens with zero attached hydrogens (tertiary/aromatic N) is 2. The van der Waals surface area contributed by atoms with E-state index in [0.29, 0.717) is 5.58 Å². The van der Waals surface area contributed by atoms with Crippen LogP contribution in [0.3, 0.4) is 0 Å². The normalized spacial score (nSPS) is 17.2. The third kappa shape index (κ3) is 2.70. The molecular weight excluding hydrogens is 252 g/mol. The van der Waals surface area contributed by atoms with Crippen molar-refractivity contribution < 1.29 is 4.42 Å². The monoisotopic (exact) mass is 272 g/mol. The summed E-state index contributed by atoms with van der Waals surface area (Å²) in [6.07, 6.45) is 8.28. The van der Waals surface area contributed by atoms with E-state index in [1.165, 1.54) is 36.9 Å². The van der Waals surface area contributed by atoms with Gasteiger partial charge in [-0.25, -0.2) is 4.79 Å². The quantitative estimate of drug-likeness (QED) is 0.862. The molecule has 1 saturated heterocycles. The maximum Gasteiger partial charge on any atom is 0.419 e. The van der Waals surface area contributed by atoms with Gasteiger partial charge in [0.1, 0.15) is 0 Å². The number of hydrogen-bond donors (Lipinski definition) is 0. The average molecular weight is 272 g/mol. The second kappa shape index (κ2) is 5.67. The molecule has 1 fully saturated rings. The molecule has 4 heteroatoms. The Morgan fingerprint density at radius 3 is 2.85 bits per heavy atom. The minimum absolute atomic E-state index is 0.311. The van der Waals surface area contributed by atoms with Gasteiger partial charge in [0, 0.05) is 13.6 Å². The summed E-state index contributed by atoms with van der Waals surface area (Å²) in [7, 11) is 1.72. The molecule has 0 radical (unpaired) electrons. The Labute approximate surface area is 118 Å². The van der Waals surface area contributed by atoms with Gasteiger partial charge in [-0.15, -0.1) is 0 Å².